The van der Waals surface area contributed by atoms with Crippen LogP contribution in [0.25, 0.3) is 0 Å². The second-order valence-electron chi connectivity index (χ2n) is 3.27. The van der Waals surface area contributed by atoms with Crippen LogP contribution in [0, 0.1) is 0 Å². The van der Waals surface area contributed by atoms with Crippen molar-refractivity contribution in [2.75, 3.05) is 18.0 Å². The summed E-state index contributed by atoms with van der Waals surface area (Å²) in [5.74, 6) is 1.70. The summed E-state index contributed by atoms with van der Waals surface area (Å²) in [4.78, 5) is 8.58. The van der Waals surface area contributed by atoms with E-state index < -0.39 is 0 Å². The molecule has 1 aromatic rings. The van der Waals surface area contributed by atoms with Crippen LogP contribution in [0.15, 0.2) is 16.2 Å². The molecule has 86 valence electrons. The maximum Gasteiger partial charge on any atom is 0.194 e. The van der Waals surface area contributed by atoms with E-state index in [0.717, 1.165) is 24.0 Å². The van der Waals surface area contributed by atoms with Crippen molar-refractivity contribution in [3.8, 4) is 0 Å². The minimum absolute atomic E-state index is 0.447. The molecule has 0 amide bonds. The Balaban J connectivity index is 2.36. The zero-order valence-corrected chi connectivity index (χ0v) is 10.6. The molecule has 1 aliphatic heterocycles. The number of aromatic nitrogens is 2. The van der Waals surface area contributed by atoms with Crippen LogP contribution in [0.2, 0.25) is 0 Å². The van der Waals surface area contributed by atoms with Gasteiger partial charge in [0.05, 0.1) is 0 Å². The normalized spacial score (nSPS) is 14.9. The average Bonchev–Trinajstić information content (AvgIpc) is 2.66. The maximum absolute atomic E-state index is 5.91. The van der Waals surface area contributed by atoms with Crippen molar-refractivity contribution in [2.24, 2.45) is 4.99 Å². The zero-order valence-electron chi connectivity index (χ0n) is 8.93. The Labute approximate surface area is 103 Å². The van der Waals surface area contributed by atoms with Crippen LogP contribution in [-0.2, 0) is 6.54 Å². The molecule has 2 rings (SSSR count). The quantitative estimate of drug-likeness (QED) is 0.560. The molecule has 0 saturated carbocycles. The highest BCUT2D eigenvalue weighted by molar-refractivity contribution is 7.99. The number of nitrogens with one attached hydrogen (secondary N) is 1. The van der Waals surface area contributed by atoms with E-state index in [0.29, 0.717) is 16.4 Å². The Bertz CT molecular complexity index is 479. The van der Waals surface area contributed by atoms with Crippen molar-refractivity contribution in [2.45, 2.75) is 18.6 Å². The van der Waals surface area contributed by atoms with Crippen LogP contribution >= 0.6 is 24.0 Å². The Morgan fingerprint density at radius 2 is 2.62 bits per heavy atom. The molecule has 16 heavy (non-hydrogen) atoms. The second-order valence-corrected chi connectivity index (χ2v) is 4.72. The fourth-order valence-corrected chi connectivity index (χ4v) is 2.63. The lowest BCUT2D eigenvalue weighted by Crippen LogP contribution is -2.24. The number of hydrogen-bond acceptors (Lipinski definition) is 4. The molecule has 0 aliphatic carbocycles. The van der Waals surface area contributed by atoms with E-state index in [-0.39, 0.29) is 0 Å². The number of fused-ring (bicyclic) bond motifs is 1. The largest absolute Gasteiger partial charge is 0.385 e. The van der Waals surface area contributed by atoms with Crippen molar-refractivity contribution in [1.82, 2.24) is 14.9 Å². The lowest BCUT2D eigenvalue weighted by Gasteiger charge is -2.05. The van der Waals surface area contributed by atoms with E-state index in [1.54, 1.807) is 17.8 Å². The van der Waals surface area contributed by atoms with Gasteiger partial charge in [-0.25, -0.2) is 9.98 Å². The highest BCUT2D eigenvalue weighted by Crippen LogP contribution is 2.23. The monoisotopic (exact) mass is 255 g/mol. The summed E-state index contributed by atoms with van der Waals surface area (Å²) in [6.45, 7) is 3.64. The molecular weight excluding hydrogens is 242 g/mol. The van der Waals surface area contributed by atoms with Gasteiger partial charge < -0.3 is 15.6 Å². The third-order valence-corrected chi connectivity index (χ3v) is 3.31. The van der Waals surface area contributed by atoms with Crippen molar-refractivity contribution in [3.63, 3.8) is 0 Å². The fraction of sp³-hybridized carbons (Fsp3) is 0.444. The van der Waals surface area contributed by atoms with Crippen LogP contribution in [-0.4, -0.2) is 27.0 Å². The highest BCUT2D eigenvalue weighted by Gasteiger charge is 2.13. The molecule has 0 saturated heterocycles. The maximum atomic E-state index is 5.91. The summed E-state index contributed by atoms with van der Waals surface area (Å²) < 4.78 is 1.99. The molecule has 0 bridgehead atoms. The number of nitrogens with zero attached hydrogens (tertiary/aromatic N) is 3. The van der Waals surface area contributed by atoms with E-state index in [2.05, 4.69) is 15.3 Å². The van der Waals surface area contributed by atoms with Crippen molar-refractivity contribution >= 4 is 34.9 Å². The minimum atomic E-state index is 0.447. The molecule has 0 radical (unpaired) electrons. The average molecular weight is 255 g/mol. The first kappa shape index (κ1) is 11.4. The fourth-order valence-electron chi connectivity index (χ4n) is 1.43. The van der Waals surface area contributed by atoms with Gasteiger partial charge in [-0.15, -0.1) is 0 Å². The van der Waals surface area contributed by atoms with Gasteiger partial charge in [0.1, 0.15) is 5.82 Å². The van der Waals surface area contributed by atoms with Crippen LogP contribution in [0.1, 0.15) is 6.92 Å². The zero-order chi connectivity index (χ0) is 11.5. The van der Waals surface area contributed by atoms with Gasteiger partial charge in [0.15, 0.2) is 15.8 Å². The van der Waals surface area contributed by atoms with Gasteiger partial charge in [-0.3, -0.25) is 0 Å². The predicted molar refractivity (Wildman–Crippen MR) is 69.2 cm³/mol. The molecule has 3 N–H and O–H groups in total. The Kier molecular flexibility index (Phi) is 3.45. The highest BCUT2D eigenvalue weighted by atomic mass is 32.2. The molecule has 5 nitrogen and oxygen atoms in total. The summed E-state index contributed by atoms with van der Waals surface area (Å²) in [6.07, 6.45) is 0. The standard InChI is InChI=1S/C9H13N5S2/c1-2-11-8(15)12-7-5-6(10)14-3-4-16-9(14)13-7/h5H,2-4,10H2,1H3,(H,11,15)/b12-7+. The molecule has 1 aromatic heterocycles. The first-order valence-corrected chi connectivity index (χ1v) is 6.43. The summed E-state index contributed by atoms with van der Waals surface area (Å²) in [6, 6.07) is 1.75. The minimum Gasteiger partial charge on any atom is -0.385 e. The van der Waals surface area contributed by atoms with Gasteiger partial charge in [-0.2, -0.15) is 0 Å². The Morgan fingerprint density at radius 3 is 3.38 bits per heavy atom. The molecular formula is C9H13N5S2. The third-order valence-electron chi connectivity index (χ3n) is 2.12. The van der Waals surface area contributed by atoms with Gasteiger partial charge in [0.2, 0.25) is 0 Å². The lowest BCUT2D eigenvalue weighted by molar-refractivity contribution is 0.683. The van der Waals surface area contributed by atoms with Crippen molar-refractivity contribution in [1.29, 1.82) is 0 Å². The number of rotatable bonds is 1. The van der Waals surface area contributed by atoms with E-state index >= 15 is 0 Å². The van der Waals surface area contributed by atoms with Crippen LogP contribution in [0.5, 0.6) is 0 Å². The Hall–Kier alpha value is -1.08. The predicted octanol–water partition coefficient (Wildman–Crippen LogP) is 0.366. The number of nitrogen functional groups attached to an aromatic ring is 1. The van der Waals surface area contributed by atoms with Crippen LogP contribution in [0.4, 0.5) is 5.82 Å². The van der Waals surface area contributed by atoms with Gasteiger partial charge in [0, 0.05) is 24.9 Å². The number of nitrogens with two attached hydrogens (primary N) is 1. The lowest BCUT2D eigenvalue weighted by atomic mass is 10.5. The molecule has 0 atom stereocenters. The first-order chi connectivity index (χ1) is 7.70. The number of hydrogen-bond donors (Lipinski definition) is 2. The second kappa shape index (κ2) is 4.84. The van der Waals surface area contributed by atoms with Gasteiger partial charge in [-0.05, 0) is 19.1 Å². The summed E-state index contributed by atoms with van der Waals surface area (Å²) in [5, 5.41) is 4.31. The van der Waals surface area contributed by atoms with E-state index in [4.69, 9.17) is 18.0 Å². The summed E-state index contributed by atoms with van der Waals surface area (Å²) >= 11 is 6.72. The van der Waals surface area contributed by atoms with Gasteiger partial charge >= 0.3 is 0 Å². The first-order valence-electron chi connectivity index (χ1n) is 5.03. The number of anilines is 1. The van der Waals surface area contributed by atoms with Crippen LogP contribution < -0.4 is 16.5 Å². The van der Waals surface area contributed by atoms with Gasteiger partial charge in [0.25, 0.3) is 0 Å². The summed E-state index contributed by atoms with van der Waals surface area (Å²) in [7, 11) is 0. The van der Waals surface area contributed by atoms with Gasteiger partial charge in [-0.1, -0.05) is 11.8 Å². The topological polar surface area (TPSA) is 68.2 Å². The molecule has 1 aliphatic rings. The Morgan fingerprint density at radius 1 is 1.81 bits per heavy atom. The molecule has 0 fully saturated rings. The number of thiocarbonyl (C=S) groups is 1. The third kappa shape index (κ3) is 2.35. The molecule has 2 heterocycles. The summed E-state index contributed by atoms with van der Waals surface area (Å²) in [5.41, 5.74) is 6.48. The SMILES string of the molecule is CCNC(=S)/N=c1\cc(N)n2c(n1)SCC2. The number of thioether (sulfide) groups is 1. The van der Waals surface area contributed by atoms with E-state index in [1.807, 2.05) is 11.5 Å². The van der Waals surface area contributed by atoms with E-state index in [9.17, 15) is 0 Å². The molecule has 0 unspecified atom stereocenters. The van der Waals surface area contributed by atoms with Crippen LogP contribution in [0.3, 0.4) is 0 Å². The molecule has 0 aromatic carbocycles. The smallest absolute Gasteiger partial charge is 0.194 e. The van der Waals surface area contributed by atoms with Crippen molar-refractivity contribution < 1.29 is 0 Å². The molecule has 7 heteroatoms. The molecule has 0 spiro atoms. The van der Waals surface area contributed by atoms with E-state index in [1.165, 1.54) is 0 Å². The van der Waals surface area contributed by atoms with Crippen molar-refractivity contribution in [3.05, 3.63) is 11.6 Å².